The minimum Gasteiger partial charge on any atom is -0.462 e. The fourth-order valence-corrected chi connectivity index (χ4v) is 10.2. The summed E-state index contributed by atoms with van der Waals surface area (Å²) in [5.41, 5.74) is 0. The average Bonchev–Trinajstić information content (AvgIpc) is 3.47. The smallest absolute Gasteiger partial charge is 0.306 e. The van der Waals surface area contributed by atoms with Crippen LogP contribution in [0, 0.1) is 0 Å². The number of rotatable bonds is 64. The molecule has 0 spiro atoms. The van der Waals surface area contributed by atoms with Crippen LogP contribution in [0.1, 0.15) is 355 Å². The van der Waals surface area contributed by atoms with Gasteiger partial charge in [-0.2, -0.15) is 0 Å². The third kappa shape index (κ3) is 67.3. The molecule has 81 heavy (non-hydrogen) atoms. The molecule has 0 saturated heterocycles. The van der Waals surface area contributed by atoms with Crippen molar-refractivity contribution in [2.24, 2.45) is 0 Å². The lowest BCUT2D eigenvalue weighted by Crippen LogP contribution is -2.30. The van der Waals surface area contributed by atoms with E-state index >= 15 is 0 Å². The molecule has 0 aromatic rings. The molecule has 0 aliphatic heterocycles. The van der Waals surface area contributed by atoms with Crippen molar-refractivity contribution in [3.8, 4) is 0 Å². The lowest BCUT2D eigenvalue weighted by molar-refractivity contribution is -0.167. The fraction of sp³-hybridized carbons (Fsp3) is 0.773. The van der Waals surface area contributed by atoms with Gasteiger partial charge in [0.1, 0.15) is 13.2 Å². The van der Waals surface area contributed by atoms with Gasteiger partial charge >= 0.3 is 17.9 Å². The highest BCUT2D eigenvalue weighted by Gasteiger charge is 2.19. The summed E-state index contributed by atoms with van der Waals surface area (Å²) in [7, 11) is 0. The Bertz CT molecular complexity index is 1530. The van der Waals surface area contributed by atoms with Crippen molar-refractivity contribution >= 4 is 17.9 Å². The molecule has 0 N–H and O–H groups in total. The molecular weight excluding hydrogens is 997 g/mol. The molecule has 0 aromatic heterocycles. The van der Waals surface area contributed by atoms with E-state index in [2.05, 4.69) is 106 Å². The summed E-state index contributed by atoms with van der Waals surface area (Å²) in [5.74, 6) is -0.860. The second-order valence-electron chi connectivity index (χ2n) is 23.4. The molecule has 0 aliphatic rings. The van der Waals surface area contributed by atoms with Crippen LogP contribution in [0.25, 0.3) is 0 Å². The number of allylic oxidation sites excluding steroid dienone is 14. The van der Waals surface area contributed by atoms with Crippen molar-refractivity contribution in [2.75, 3.05) is 13.2 Å². The van der Waals surface area contributed by atoms with Gasteiger partial charge in [0.15, 0.2) is 6.10 Å². The predicted molar refractivity (Wildman–Crippen MR) is 353 cm³/mol. The SMILES string of the molecule is CC/C=C\C/C=C\C/C=C\C/C=C\C/C=C\C/C=C\C/C=C\CCCCCCCCCCCCCC(=O)OCC(COC(=O)CCCCCCCCCC)OC(=O)CCCCCCCCCCCCCCCCCCCCCCCC. The first kappa shape index (κ1) is 77.6. The molecule has 0 amide bonds. The number of unbranched alkanes of at least 4 members (excludes halogenated alkanes) is 39. The van der Waals surface area contributed by atoms with Gasteiger partial charge in [0.05, 0.1) is 0 Å². The number of hydrogen-bond acceptors (Lipinski definition) is 6. The number of carbonyl (C=O) groups excluding carboxylic acids is 3. The summed E-state index contributed by atoms with van der Waals surface area (Å²) in [6, 6.07) is 0. The third-order valence-corrected chi connectivity index (χ3v) is 15.4. The Hall–Kier alpha value is -3.41. The van der Waals surface area contributed by atoms with Crippen LogP contribution in [0.15, 0.2) is 85.1 Å². The number of carbonyl (C=O) groups is 3. The van der Waals surface area contributed by atoms with Gasteiger partial charge in [0, 0.05) is 19.3 Å². The van der Waals surface area contributed by atoms with Crippen molar-refractivity contribution < 1.29 is 28.6 Å². The predicted octanol–water partition coefficient (Wildman–Crippen LogP) is 24.2. The van der Waals surface area contributed by atoms with Crippen LogP contribution in [0.2, 0.25) is 0 Å². The summed E-state index contributed by atoms with van der Waals surface area (Å²) >= 11 is 0. The number of esters is 3. The number of ether oxygens (including phenoxy) is 3. The Morgan fingerprint density at radius 2 is 0.481 bits per heavy atom. The van der Waals surface area contributed by atoms with Crippen LogP contribution >= 0.6 is 0 Å². The van der Waals surface area contributed by atoms with Gasteiger partial charge in [-0.05, 0) is 77.0 Å². The first-order valence-electron chi connectivity index (χ1n) is 35.1. The summed E-state index contributed by atoms with van der Waals surface area (Å²) in [6.07, 6.45) is 92.0. The molecule has 6 heteroatoms. The molecule has 0 fully saturated rings. The standard InChI is InChI=1S/C75H132O6/c1-4-7-10-13-16-19-21-23-25-27-29-31-33-34-35-36-37-38-39-40-41-42-43-45-46-48-50-52-54-56-59-62-65-68-74(77)80-71-72(70-79-73(76)67-64-61-58-18-15-12-9-6-3)81-75(78)69-66-63-60-57-55-53-51-49-47-44-32-30-28-26-24-22-20-17-14-11-8-5-2/h7,10,16,19,23,25,29,31,34-35,37-38,40-41,72H,4-6,8-9,11-15,17-18,20-22,24,26-28,30,32-33,36,39,42-71H2,1-3H3/b10-7-,19-16-,25-23-,31-29-,35-34-,38-37-,41-40-. The van der Waals surface area contributed by atoms with Crippen LogP contribution < -0.4 is 0 Å². The molecule has 0 aromatic carbocycles. The molecular formula is C75H132O6. The normalized spacial score (nSPS) is 12.6. The summed E-state index contributed by atoms with van der Waals surface area (Å²) < 4.78 is 16.9. The Morgan fingerprint density at radius 3 is 0.753 bits per heavy atom. The Kier molecular flexibility index (Phi) is 66.2. The maximum Gasteiger partial charge on any atom is 0.306 e. The monoisotopic (exact) mass is 1130 g/mol. The second kappa shape index (κ2) is 69.1. The quantitative estimate of drug-likeness (QED) is 0.0261. The first-order valence-corrected chi connectivity index (χ1v) is 35.1. The molecule has 468 valence electrons. The topological polar surface area (TPSA) is 78.9 Å². The summed E-state index contributed by atoms with van der Waals surface area (Å²) in [6.45, 7) is 6.54. The van der Waals surface area contributed by atoms with E-state index in [1.165, 1.54) is 212 Å². The van der Waals surface area contributed by atoms with Crippen LogP contribution in [0.5, 0.6) is 0 Å². The second-order valence-corrected chi connectivity index (χ2v) is 23.4. The zero-order valence-corrected chi connectivity index (χ0v) is 53.8. The van der Waals surface area contributed by atoms with Gasteiger partial charge in [0.25, 0.3) is 0 Å². The minimum absolute atomic E-state index is 0.0715. The summed E-state index contributed by atoms with van der Waals surface area (Å²) in [4.78, 5) is 38.2. The van der Waals surface area contributed by atoms with E-state index in [-0.39, 0.29) is 31.1 Å². The van der Waals surface area contributed by atoms with Gasteiger partial charge in [-0.3, -0.25) is 14.4 Å². The lowest BCUT2D eigenvalue weighted by Gasteiger charge is -2.18. The van der Waals surface area contributed by atoms with E-state index in [1.807, 2.05) is 0 Å². The van der Waals surface area contributed by atoms with E-state index in [9.17, 15) is 14.4 Å². The van der Waals surface area contributed by atoms with Gasteiger partial charge in [-0.1, -0.05) is 343 Å². The molecule has 1 atom stereocenters. The third-order valence-electron chi connectivity index (χ3n) is 15.4. The molecule has 0 radical (unpaired) electrons. The lowest BCUT2D eigenvalue weighted by atomic mass is 10.0. The largest absolute Gasteiger partial charge is 0.462 e. The fourth-order valence-electron chi connectivity index (χ4n) is 10.2. The van der Waals surface area contributed by atoms with E-state index in [1.54, 1.807) is 0 Å². The van der Waals surface area contributed by atoms with Crippen LogP contribution in [0.4, 0.5) is 0 Å². The van der Waals surface area contributed by atoms with E-state index in [4.69, 9.17) is 14.2 Å². The first-order chi connectivity index (χ1) is 40.0. The molecule has 0 rings (SSSR count). The maximum atomic E-state index is 12.9. The van der Waals surface area contributed by atoms with Crippen molar-refractivity contribution in [3.05, 3.63) is 85.1 Å². The van der Waals surface area contributed by atoms with Crippen molar-refractivity contribution in [1.29, 1.82) is 0 Å². The van der Waals surface area contributed by atoms with Crippen LogP contribution in [0.3, 0.4) is 0 Å². The zero-order valence-electron chi connectivity index (χ0n) is 53.8. The molecule has 1 unspecified atom stereocenters. The Balaban J connectivity index is 4.10. The highest BCUT2D eigenvalue weighted by atomic mass is 16.6. The average molecular weight is 1130 g/mol. The highest BCUT2D eigenvalue weighted by molar-refractivity contribution is 5.71. The van der Waals surface area contributed by atoms with Crippen LogP contribution in [-0.4, -0.2) is 37.2 Å². The van der Waals surface area contributed by atoms with E-state index in [0.29, 0.717) is 19.3 Å². The Morgan fingerprint density at radius 1 is 0.259 bits per heavy atom. The van der Waals surface area contributed by atoms with Crippen molar-refractivity contribution in [2.45, 2.75) is 361 Å². The molecule has 0 saturated carbocycles. The van der Waals surface area contributed by atoms with Gasteiger partial charge < -0.3 is 14.2 Å². The highest BCUT2D eigenvalue weighted by Crippen LogP contribution is 2.18. The zero-order chi connectivity index (χ0) is 58.5. The van der Waals surface area contributed by atoms with Crippen molar-refractivity contribution in [1.82, 2.24) is 0 Å². The summed E-state index contributed by atoms with van der Waals surface area (Å²) in [5, 5.41) is 0. The Labute approximate surface area is 503 Å². The van der Waals surface area contributed by atoms with E-state index in [0.717, 1.165) is 103 Å². The molecule has 0 aliphatic carbocycles. The maximum absolute atomic E-state index is 12.9. The van der Waals surface area contributed by atoms with Gasteiger partial charge in [-0.25, -0.2) is 0 Å². The molecule has 0 heterocycles. The van der Waals surface area contributed by atoms with Crippen molar-refractivity contribution in [3.63, 3.8) is 0 Å². The molecule has 0 bridgehead atoms. The van der Waals surface area contributed by atoms with Crippen LogP contribution in [-0.2, 0) is 28.6 Å². The minimum atomic E-state index is -0.773. The molecule has 6 nitrogen and oxygen atoms in total. The van der Waals surface area contributed by atoms with Gasteiger partial charge in [0.2, 0.25) is 0 Å². The van der Waals surface area contributed by atoms with E-state index < -0.39 is 6.10 Å². The van der Waals surface area contributed by atoms with Gasteiger partial charge in [-0.15, -0.1) is 0 Å². The number of hydrogen-bond donors (Lipinski definition) is 0.